The lowest BCUT2D eigenvalue weighted by Gasteiger charge is -2.16. The number of rotatable bonds is 7. The topological polar surface area (TPSA) is 45.1 Å². The van der Waals surface area contributed by atoms with Gasteiger partial charge in [0.1, 0.15) is 5.82 Å². The van der Waals surface area contributed by atoms with E-state index in [0.29, 0.717) is 5.92 Å². The number of anilines is 1. The molecule has 4 heteroatoms. The maximum Gasteiger partial charge on any atom is 0.140 e. The van der Waals surface area contributed by atoms with Gasteiger partial charge in [0.2, 0.25) is 0 Å². The van der Waals surface area contributed by atoms with Crippen molar-refractivity contribution in [2.75, 3.05) is 18.5 Å². The number of nitrogens with zero attached hydrogens (tertiary/aromatic N) is 1. The van der Waals surface area contributed by atoms with E-state index in [0.717, 1.165) is 41.7 Å². The number of nitrogens with one attached hydrogen (secondary N) is 1. The van der Waals surface area contributed by atoms with Gasteiger partial charge in [0.05, 0.1) is 4.47 Å². The highest BCUT2D eigenvalue weighted by molar-refractivity contribution is 9.10. The third-order valence-electron chi connectivity index (χ3n) is 2.77. The second-order valence-electron chi connectivity index (χ2n) is 4.39. The van der Waals surface area contributed by atoms with Gasteiger partial charge in [0.15, 0.2) is 0 Å². The Balaban J connectivity index is 2.52. The van der Waals surface area contributed by atoms with Crippen molar-refractivity contribution in [2.45, 2.75) is 33.1 Å². The molecule has 0 spiro atoms. The van der Waals surface area contributed by atoms with Gasteiger partial charge in [-0.15, -0.1) is 0 Å². The van der Waals surface area contributed by atoms with E-state index in [4.69, 9.17) is 5.11 Å². The summed E-state index contributed by atoms with van der Waals surface area (Å²) in [6.07, 6.45) is 4.99. The molecule has 0 fully saturated rings. The molecule has 96 valence electrons. The molecule has 2 N–H and O–H groups in total. The molecular weight excluding hydrogens is 280 g/mol. The van der Waals surface area contributed by atoms with Crippen LogP contribution in [0, 0.1) is 12.8 Å². The number of hydrogen-bond acceptors (Lipinski definition) is 3. The maximum absolute atomic E-state index is 9.00. The Labute approximate surface area is 112 Å². The highest BCUT2D eigenvalue weighted by Crippen LogP contribution is 2.21. The molecule has 17 heavy (non-hydrogen) atoms. The van der Waals surface area contributed by atoms with E-state index in [-0.39, 0.29) is 6.61 Å². The number of halogens is 1. The Hall–Kier alpha value is -0.610. The molecule has 1 rings (SSSR count). The Morgan fingerprint density at radius 2 is 2.24 bits per heavy atom. The lowest BCUT2D eigenvalue weighted by molar-refractivity contribution is 0.255. The summed E-state index contributed by atoms with van der Waals surface area (Å²) in [4.78, 5) is 4.35. The van der Waals surface area contributed by atoms with Crippen molar-refractivity contribution < 1.29 is 5.11 Å². The summed E-state index contributed by atoms with van der Waals surface area (Å²) in [6.45, 7) is 5.31. The van der Waals surface area contributed by atoms with Gasteiger partial charge in [0.25, 0.3) is 0 Å². The second-order valence-corrected chi connectivity index (χ2v) is 5.25. The zero-order valence-electron chi connectivity index (χ0n) is 10.5. The Morgan fingerprint density at radius 3 is 2.82 bits per heavy atom. The molecule has 3 nitrogen and oxygen atoms in total. The first-order valence-electron chi connectivity index (χ1n) is 6.14. The van der Waals surface area contributed by atoms with Crippen LogP contribution in [-0.2, 0) is 0 Å². The summed E-state index contributed by atoms with van der Waals surface area (Å²) >= 11 is 3.50. The van der Waals surface area contributed by atoms with Gasteiger partial charge in [-0.1, -0.05) is 13.3 Å². The molecule has 0 radical (unpaired) electrons. The maximum atomic E-state index is 9.00. The van der Waals surface area contributed by atoms with Crippen LogP contribution in [0.4, 0.5) is 5.82 Å². The molecule has 0 aliphatic rings. The predicted octanol–water partition coefficient (Wildman–Crippen LogP) is 3.36. The van der Waals surface area contributed by atoms with E-state index in [1.165, 1.54) is 0 Å². The number of pyridine rings is 1. The van der Waals surface area contributed by atoms with Gasteiger partial charge < -0.3 is 10.4 Å². The standard InChI is InChI=1S/C13H21BrN2O/c1-3-4-11(5-6-17)9-16-13-12(14)7-10(2)8-15-13/h7-8,11,17H,3-6,9H2,1-2H3,(H,15,16). The molecule has 0 aliphatic heterocycles. The first-order chi connectivity index (χ1) is 8.17. The molecule has 1 atom stereocenters. The van der Waals surface area contributed by atoms with E-state index in [1.54, 1.807) is 0 Å². The van der Waals surface area contributed by atoms with Crippen LogP contribution in [0.25, 0.3) is 0 Å². The fraction of sp³-hybridized carbons (Fsp3) is 0.615. The highest BCUT2D eigenvalue weighted by Gasteiger charge is 2.08. The van der Waals surface area contributed by atoms with Gasteiger partial charge in [-0.3, -0.25) is 0 Å². The quantitative estimate of drug-likeness (QED) is 0.811. The van der Waals surface area contributed by atoms with E-state index in [1.807, 2.05) is 13.1 Å². The van der Waals surface area contributed by atoms with Crippen LogP contribution < -0.4 is 5.32 Å². The van der Waals surface area contributed by atoms with Crippen LogP contribution in [0.5, 0.6) is 0 Å². The first-order valence-corrected chi connectivity index (χ1v) is 6.93. The molecule has 0 saturated heterocycles. The van der Waals surface area contributed by atoms with Gasteiger partial charge in [-0.2, -0.15) is 0 Å². The predicted molar refractivity (Wildman–Crippen MR) is 75.3 cm³/mol. The van der Waals surface area contributed by atoms with Crippen molar-refractivity contribution >= 4 is 21.7 Å². The van der Waals surface area contributed by atoms with Crippen LogP contribution in [0.1, 0.15) is 31.7 Å². The van der Waals surface area contributed by atoms with Gasteiger partial charge >= 0.3 is 0 Å². The SMILES string of the molecule is CCCC(CCO)CNc1ncc(C)cc1Br. The Bertz CT molecular complexity index is 338. The Morgan fingerprint density at radius 1 is 1.47 bits per heavy atom. The number of hydrogen-bond donors (Lipinski definition) is 2. The smallest absolute Gasteiger partial charge is 0.140 e. The van der Waals surface area contributed by atoms with Gasteiger partial charge in [-0.05, 0) is 53.2 Å². The fourth-order valence-corrected chi connectivity index (χ4v) is 2.45. The van der Waals surface area contributed by atoms with Crippen LogP contribution >= 0.6 is 15.9 Å². The number of aryl methyl sites for hydroxylation is 1. The molecule has 1 aromatic heterocycles. The average Bonchev–Trinajstić information content (AvgIpc) is 2.28. The zero-order chi connectivity index (χ0) is 12.7. The summed E-state index contributed by atoms with van der Waals surface area (Å²) in [6, 6.07) is 2.05. The van der Waals surface area contributed by atoms with Gasteiger partial charge in [0, 0.05) is 19.3 Å². The van der Waals surface area contributed by atoms with Crippen molar-refractivity contribution in [3.63, 3.8) is 0 Å². The lowest BCUT2D eigenvalue weighted by Crippen LogP contribution is -2.16. The van der Waals surface area contributed by atoms with Crippen molar-refractivity contribution in [1.29, 1.82) is 0 Å². The largest absolute Gasteiger partial charge is 0.396 e. The van der Waals surface area contributed by atoms with Crippen molar-refractivity contribution in [2.24, 2.45) is 5.92 Å². The fourth-order valence-electron chi connectivity index (χ4n) is 1.84. The first kappa shape index (κ1) is 14.5. The van der Waals surface area contributed by atoms with Crippen LogP contribution in [0.15, 0.2) is 16.7 Å². The molecule has 0 bridgehead atoms. The molecule has 0 saturated carbocycles. The molecule has 1 heterocycles. The molecule has 0 aliphatic carbocycles. The summed E-state index contributed by atoms with van der Waals surface area (Å²) in [5.74, 6) is 1.40. The van der Waals surface area contributed by atoms with E-state index >= 15 is 0 Å². The minimum absolute atomic E-state index is 0.259. The van der Waals surface area contributed by atoms with Crippen LogP contribution in [0.3, 0.4) is 0 Å². The Kier molecular flexibility index (Phi) is 6.52. The lowest BCUT2D eigenvalue weighted by atomic mass is 10.0. The third kappa shape index (κ3) is 5.04. The monoisotopic (exact) mass is 300 g/mol. The van der Waals surface area contributed by atoms with Crippen molar-refractivity contribution in [3.05, 3.63) is 22.3 Å². The molecule has 1 unspecified atom stereocenters. The summed E-state index contributed by atoms with van der Waals surface area (Å²) in [5.41, 5.74) is 1.14. The minimum Gasteiger partial charge on any atom is -0.396 e. The summed E-state index contributed by atoms with van der Waals surface area (Å²) in [7, 11) is 0. The van der Waals surface area contributed by atoms with Gasteiger partial charge in [-0.25, -0.2) is 4.98 Å². The van der Waals surface area contributed by atoms with Crippen molar-refractivity contribution in [3.8, 4) is 0 Å². The van der Waals surface area contributed by atoms with E-state index in [9.17, 15) is 0 Å². The van der Waals surface area contributed by atoms with E-state index < -0.39 is 0 Å². The second kappa shape index (κ2) is 7.67. The normalized spacial score (nSPS) is 12.5. The van der Waals surface area contributed by atoms with Crippen LogP contribution in [-0.4, -0.2) is 23.2 Å². The third-order valence-corrected chi connectivity index (χ3v) is 3.37. The number of aromatic nitrogens is 1. The number of aliphatic hydroxyl groups is 1. The van der Waals surface area contributed by atoms with E-state index in [2.05, 4.69) is 39.2 Å². The molecule has 0 amide bonds. The average molecular weight is 301 g/mol. The number of aliphatic hydroxyl groups excluding tert-OH is 1. The van der Waals surface area contributed by atoms with Crippen molar-refractivity contribution in [1.82, 2.24) is 4.98 Å². The molecule has 0 aromatic carbocycles. The zero-order valence-corrected chi connectivity index (χ0v) is 12.1. The molecule has 1 aromatic rings. The molecular formula is C13H21BrN2O. The minimum atomic E-state index is 0.259. The highest BCUT2D eigenvalue weighted by atomic mass is 79.9. The summed E-state index contributed by atoms with van der Waals surface area (Å²) in [5, 5.41) is 12.3. The van der Waals surface area contributed by atoms with Crippen LogP contribution in [0.2, 0.25) is 0 Å². The summed E-state index contributed by atoms with van der Waals surface area (Å²) < 4.78 is 0.997.